The zero-order valence-corrected chi connectivity index (χ0v) is 12.5. The summed E-state index contributed by atoms with van der Waals surface area (Å²) >= 11 is 0. The van der Waals surface area contributed by atoms with Gasteiger partial charge in [-0.3, -0.25) is 0 Å². The highest BCUT2D eigenvalue weighted by Gasteiger charge is 2.55. The number of aryl methyl sites for hydroxylation is 1. The number of hydrogen-bond acceptors (Lipinski definition) is 2. The Morgan fingerprint density at radius 2 is 1.85 bits per heavy atom. The Morgan fingerprint density at radius 1 is 1.25 bits per heavy atom. The van der Waals surface area contributed by atoms with E-state index in [-0.39, 0.29) is 11.5 Å². The van der Waals surface area contributed by atoms with Gasteiger partial charge < -0.3 is 9.67 Å². The van der Waals surface area contributed by atoms with Crippen LogP contribution in [0.15, 0.2) is 12.4 Å². The Kier molecular flexibility index (Phi) is 2.95. The van der Waals surface area contributed by atoms with E-state index in [1.54, 1.807) is 0 Å². The Hall–Kier alpha value is -0.830. The third kappa shape index (κ3) is 1.86. The van der Waals surface area contributed by atoms with Gasteiger partial charge in [0.15, 0.2) is 0 Å². The third-order valence-electron chi connectivity index (χ3n) is 6.12. The first-order chi connectivity index (χ1) is 9.70. The topological polar surface area (TPSA) is 38.0 Å². The van der Waals surface area contributed by atoms with Gasteiger partial charge in [0, 0.05) is 24.4 Å². The van der Waals surface area contributed by atoms with Crippen LogP contribution in [-0.2, 0) is 6.54 Å². The van der Waals surface area contributed by atoms with E-state index < -0.39 is 0 Å². The van der Waals surface area contributed by atoms with Crippen LogP contribution >= 0.6 is 0 Å². The van der Waals surface area contributed by atoms with Gasteiger partial charge in [0.1, 0.15) is 11.9 Å². The summed E-state index contributed by atoms with van der Waals surface area (Å²) in [5.74, 6) is 3.57. The number of nitrogens with zero attached hydrogens (tertiary/aromatic N) is 2. The largest absolute Gasteiger partial charge is 0.385 e. The molecule has 5 rings (SSSR count). The molecular weight excluding hydrogens is 248 g/mol. The average molecular weight is 274 g/mol. The molecule has 3 heteroatoms. The summed E-state index contributed by atoms with van der Waals surface area (Å²) in [5.41, 5.74) is 0.144. The number of aromatic nitrogens is 2. The second kappa shape index (κ2) is 4.59. The molecule has 0 radical (unpaired) electrons. The molecule has 0 spiro atoms. The van der Waals surface area contributed by atoms with Crippen molar-refractivity contribution in [3.63, 3.8) is 0 Å². The SMILES string of the molecule is CCCn1ccnc1C(O)C12CC3CC(CC(C3)C1)C2. The van der Waals surface area contributed by atoms with Crippen molar-refractivity contribution in [1.29, 1.82) is 0 Å². The van der Waals surface area contributed by atoms with Crippen molar-refractivity contribution in [2.45, 2.75) is 64.5 Å². The van der Waals surface area contributed by atoms with Gasteiger partial charge in [0.05, 0.1) is 0 Å². The highest BCUT2D eigenvalue weighted by Crippen LogP contribution is 2.63. The Balaban J connectivity index is 1.64. The fourth-order valence-electron chi connectivity index (χ4n) is 5.78. The normalized spacial score (nSPS) is 40.2. The van der Waals surface area contributed by atoms with E-state index in [1.165, 1.54) is 38.5 Å². The van der Waals surface area contributed by atoms with Crippen LogP contribution in [0.25, 0.3) is 0 Å². The first kappa shape index (κ1) is 12.9. The van der Waals surface area contributed by atoms with Crippen LogP contribution in [0.1, 0.15) is 63.8 Å². The monoisotopic (exact) mass is 274 g/mol. The second-order valence-electron chi connectivity index (χ2n) is 7.66. The Labute approximate surface area is 121 Å². The fraction of sp³-hybridized carbons (Fsp3) is 0.824. The van der Waals surface area contributed by atoms with E-state index >= 15 is 0 Å². The van der Waals surface area contributed by atoms with Gasteiger partial charge in [0.2, 0.25) is 0 Å². The van der Waals surface area contributed by atoms with Gasteiger partial charge in [-0.25, -0.2) is 4.98 Å². The number of rotatable bonds is 4. The fourth-order valence-corrected chi connectivity index (χ4v) is 5.78. The molecule has 4 saturated carbocycles. The lowest BCUT2D eigenvalue weighted by molar-refractivity contribution is -0.125. The highest BCUT2D eigenvalue weighted by atomic mass is 16.3. The van der Waals surface area contributed by atoms with Crippen LogP contribution in [0.5, 0.6) is 0 Å². The molecule has 1 N–H and O–H groups in total. The molecule has 0 aromatic carbocycles. The van der Waals surface area contributed by atoms with Gasteiger partial charge in [-0.15, -0.1) is 0 Å². The molecule has 1 aromatic heterocycles. The predicted molar refractivity (Wildman–Crippen MR) is 78.1 cm³/mol. The first-order valence-corrected chi connectivity index (χ1v) is 8.39. The number of imidazole rings is 1. The molecule has 110 valence electrons. The summed E-state index contributed by atoms with van der Waals surface area (Å²) < 4.78 is 2.17. The Bertz CT molecular complexity index is 458. The minimum absolute atomic E-state index is 0.144. The number of aliphatic hydroxyl groups is 1. The summed E-state index contributed by atoms with van der Waals surface area (Å²) in [6, 6.07) is 0. The van der Waals surface area contributed by atoms with Crippen molar-refractivity contribution >= 4 is 0 Å². The maximum Gasteiger partial charge on any atom is 0.138 e. The third-order valence-corrected chi connectivity index (χ3v) is 6.12. The van der Waals surface area contributed by atoms with Crippen molar-refractivity contribution in [2.75, 3.05) is 0 Å². The summed E-state index contributed by atoms with van der Waals surface area (Å²) in [6.07, 6.45) is 12.6. The van der Waals surface area contributed by atoms with Crippen LogP contribution in [0.4, 0.5) is 0 Å². The zero-order valence-electron chi connectivity index (χ0n) is 12.5. The van der Waals surface area contributed by atoms with E-state index in [0.29, 0.717) is 0 Å². The molecular formula is C17H26N2O. The van der Waals surface area contributed by atoms with Crippen LogP contribution in [0, 0.1) is 23.2 Å². The lowest BCUT2D eigenvalue weighted by Crippen LogP contribution is -2.49. The van der Waals surface area contributed by atoms with E-state index in [1.807, 2.05) is 12.4 Å². The number of aliphatic hydroxyl groups excluding tert-OH is 1. The molecule has 3 nitrogen and oxygen atoms in total. The molecule has 0 saturated heterocycles. The molecule has 4 fully saturated rings. The van der Waals surface area contributed by atoms with E-state index in [9.17, 15) is 5.11 Å². The maximum atomic E-state index is 11.1. The van der Waals surface area contributed by atoms with Crippen LogP contribution in [0.2, 0.25) is 0 Å². The zero-order chi connectivity index (χ0) is 13.7. The molecule has 4 bridgehead atoms. The van der Waals surface area contributed by atoms with Gasteiger partial charge in [-0.05, 0) is 62.7 Å². The van der Waals surface area contributed by atoms with Gasteiger partial charge in [-0.1, -0.05) is 6.92 Å². The molecule has 0 amide bonds. The van der Waals surface area contributed by atoms with Gasteiger partial charge >= 0.3 is 0 Å². The highest BCUT2D eigenvalue weighted by molar-refractivity contribution is 5.10. The molecule has 4 aliphatic rings. The molecule has 1 heterocycles. The van der Waals surface area contributed by atoms with Gasteiger partial charge in [0.25, 0.3) is 0 Å². The second-order valence-corrected chi connectivity index (χ2v) is 7.66. The minimum Gasteiger partial charge on any atom is -0.385 e. The lowest BCUT2D eigenvalue weighted by Gasteiger charge is -2.58. The van der Waals surface area contributed by atoms with Crippen LogP contribution < -0.4 is 0 Å². The van der Waals surface area contributed by atoms with Gasteiger partial charge in [-0.2, -0.15) is 0 Å². The molecule has 4 aliphatic carbocycles. The van der Waals surface area contributed by atoms with Crippen LogP contribution in [0.3, 0.4) is 0 Å². The lowest BCUT2D eigenvalue weighted by atomic mass is 9.48. The molecule has 1 atom stereocenters. The van der Waals surface area contributed by atoms with Crippen LogP contribution in [-0.4, -0.2) is 14.7 Å². The summed E-state index contributed by atoms with van der Waals surface area (Å²) in [6.45, 7) is 3.15. The van der Waals surface area contributed by atoms with E-state index in [2.05, 4.69) is 16.5 Å². The standard InChI is InChI=1S/C17H26N2O/c1-2-4-19-5-3-18-16(19)15(20)17-9-12-6-13(10-17)8-14(7-12)11-17/h3,5,12-15,20H,2,4,6-11H2,1H3. The van der Waals surface area contributed by atoms with Crippen molar-refractivity contribution < 1.29 is 5.11 Å². The number of hydrogen-bond donors (Lipinski definition) is 1. The quantitative estimate of drug-likeness (QED) is 0.912. The smallest absolute Gasteiger partial charge is 0.138 e. The predicted octanol–water partition coefficient (Wildman–Crippen LogP) is 3.54. The van der Waals surface area contributed by atoms with E-state index in [4.69, 9.17) is 0 Å². The van der Waals surface area contributed by atoms with Crippen molar-refractivity contribution in [1.82, 2.24) is 9.55 Å². The average Bonchev–Trinajstić information content (AvgIpc) is 2.85. The van der Waals surface area contributed by atoms with E-state index in [0.717, 1.165) is 36.5 Å². The molecule has 20 heavy (non-hydrogen) atoms. The van der Waals surface area contributed by atoms with Crippen molar-refractivity contribution in [2.24, 2.45) is 23.2 Å². The first-order valence-electron chi connectivity index (χ1n) is 8.39. The molecule has 1 unspecified atom stereocenters. The summed E-state index contributed by atoms with van der Waals surface area (Å²) in [4.78, 5) is 4.50. The molecule has 0 aliphatic heterocycles. The summed E-state index contributed by atoms with van der Waals surface area (Å²) in [5, 5.41) is 11.1. The Morgan fingerprint density at radius 3 is 2.40 bits per heavy atom. The molecule has 1 aromatic rings. The minimum atomic E-state index is -0.350. The summed E-state index contributed by atoms with van der Waals surface area (Å²) in [7, 11) is 0. The van der Waals surface area contributed by atoms with Crippen molar-refractivity contribution in [3.05, 3.63) is 18.2 Å². The van der Waals surface area contributed by atoms with Crippen molar-refractivity contribution in [3.8, 4) is 0 Å². The maximum absolute atomic E-state index is 11.1.